The van der Waals surface area contributed by atoms with E-state index < -0.39 is 59.9 Å². The van der Waals surface area contributed by atoms with E-state index in [0.717, 1.165) is 22.4 Å². The first-order valence-corrected chi connectivity index (χ1v) is 23.7. The molecule has 0 saturated carbocycles. The van der Waals surface area contributed by atoms with Crippen LogP contribution >= 0.6 is 0 Å². The molecule has 2 N–H and O–H groups in total. The van der Waals surface area contributed by atoms with Gasteiger partial charge in [0.05, 0.1) is 45.9 Å². The minimum atomic E-state index is -1.92. The van der Waals surface area contributed by atoms with E-state index in [1.165, 1.54) is 0 Å². The summed E-state index contributed by atoms with van der Waals surface area (Å²) in [5.74, 6) is -3.28. The summed E-state index contributed by atoms with van der Waals surface area (Å²) in [6, 6.07) is 50.5. The Hall–Kier alpha value is -8.30. The van der Waals surface area contributed by atoms with Crippen LogP contribution in [0.2, 0.25) is 0 Å². The third-order valence-electron chi connectivity index (χ3n) is 10.8. The third kappa shape index (κ3) is 17.2. The lowest BCUT2D eigenvalue weighted by molar-refractivity contribution is -0.171. The summed E-state index contributed by atoms with van der Waals surface area (Å²) >= 11 is 0. The van der Waals surface area contributed by atoms with E-state index in [1.54, 1.807) is 137 Å². The lowest BCUT2D eigenvalue weighted by Crippen LogP contribution is -2.50. The number of carbonyl (C=O) groups excluding carboxylic acids is 5. The highest BCUT2D eigenvalue weighted by atomic mass is 16.6. The number of aliphatic carboxylic acids is 1. The number of carbonyl (C=O) groups is 6. The molecule has 15 heteroatoms. The lowest BCUT2D eigenvalue weighted by atomic mass is 9.81. The molecule has 0 atom stereocenters. The van der Waals surface area contributed by atoms with Gasteiger partial charge >= 0.3 is 35.8 Å². The first-order chi connectivity index (χ1) is 35.4. The average molecular weight is 999 g/mol. The molecule has 0 amide bonds. The number of hydrogen-bond donors (Lipinski definition) is 2. The molecule has 0 bridgehead atoms. The maximum atomic E-state index is 13.0. The maximum Gasteiger partial charge on any atom is 0.331 e. The van der Waals surface area contributed by atoms with Crippen LogP contribution in [0, 0.1) is 0 Å². The molecule has 6 rings (SSSR count). The van der Waals surface area contributed by atoms with Crippen molar-refractivity contribution < 1.29 is 72.1 Å². The van der Waals surface area contributed by atoms with Crippen molar-refractivity contribution in [3.05, 3.63) is 203 Å². The Morgan fingerprint density at radius 2 is 0.726 bits per heavy atom. The van der Waals surface area contributed by atoms with Crippen LogP contribution in [0.1, 0.15) is 61.1 Å². The topological polar surface area (TPSA) is 207 Å². The van der Waals surface area contributed by atoms with Crippen LogP contribution < -0.4 is 9.47 Å². The third-order valence-corrected chi connectivity index (χ3v) is 10.8. The van der Waals surface area contributed by atoms with Crippen LogP contribution in [0.15, 0.2) is 170 Å². The number of ether oxygens (including phenoxy) is 7. The molecular formula is C58H62O15. The summed E-state index contributed by atoms with van der Waals surface area (Å²) in [6.45, 7) is 6.60. The number of hydrogen-bond acceptors (Lipinski definition) is 14. The van der Waals surface area contributed by atoms with E-state index in [2.05, 4.69) is 0 Å². The van der Waals surface area contributed by atoms with Crippen molar-refractivity contribution in [2.24, 2.45) is 0 Å². The molecule has 0 spiro atoms. The SMILES string of the molecule is CCOC(=O)C(CO)(C(=O)OCC)c1ccccc1.CCOC(=O)C(COC(=O)Cc1ccc(OCc2ccccc2)cc1)(C(=O)OCC)c1ccccc1.O=C(O)Cc1ccc(OCc2ccccc2)cc1. The van der Waals surface area contributed by atoms with Crippen molar-refractivity contribution in [3.63, 3.8) is 0 Å². The van der Waals surface area contributed by atoms with Gasteiger partial charge in [0, 0.05) is 0 Å². The molecule has 0 saturated heterocycles. The minimum absolute atomic E-state index is 0.0406. The van der Waals surface area contributed by atoms with Gasteiger partial charge in [0.2, 0.25) is 10.8 Å². The van der Waals surface area contributed by atoms with Crippen LogP contribution in [-0.4, -0.2) is 85.7 Å². The fraction of sp³-hybridized carbons (Fsp3) is 0.276. The summed E-state index contributed by atoms with van der Waals surface area (Å²) in [5.41, 5.74) is 0.580. The van der Waals surface area contributed by atoms with Gasteiger partial charge in [-0.2, -0.15) is 0 Å². The molecule has 73 heavy (non-hydrogen) atoms. The number of rotatable bonds is 23. The molecule has 0 aromatic heterocycles. The van der Waals surface area contributed by atoms with Crippen LogP contribution in [0.5, 0.6) is 11.5 Å². The van der Waals surface area contributed by atoms with E-state index in [-0.39, 0.29) is 39.3 Å². The predicted octanol–water partition coefficient (Wildman–Crippen LogP) is 8.35. The molecule has 0 aliphatic rings. The number of esters is 5. The number of benzene rings is 6. The van der Waals surface area contributed by atoms with Crippen molar-refractivity contribution in [1.29, 1.82) is 0 Å². The van der Waals surface area contributed by atoms with Gasteiger partial charge < -0.3 is 43.4 Å². The van der Waals surface area contributed by atoms with Gasteiger partial charge in [0.15, 0.2) is 0 Å². The molecule has 0 unspecified atom stereocenters. The Balaban J connectivity index is 0.000000262. The zero-order chi connectivity index (χ0) is 52.9. The fourth-order valence-electron chi connectivity index (χ4n) is 6.99. The van der Waals surface area contributed by atoms with Crippen molar-refractivity contribution in [2.75, 3.05) is 39.6 Å². The molecule has 6 aromatic rings. The fourth-order valence-corrected chi connectivity index (χ4v) is 6.99. The summed E-state index contributed by atoms with van der Waals surface area (Å²) in [4.78, 5) is 73.5. The van der Waals surface area contributed by atoms with E-state index in [1.807, 2.05) is 60.7 Å². The van der Waals surface area contributed by atoms with Gasteiger partial charge in [-0.3, -0.25) is 28.8 Å². The molecule has 0 radical (unpaired) electrons. The van der Waals surface area contributed by atoms with Crippen molar-refractivity contribution in [2.45, 2.75) is 64.6 Å². The molecule has 6 aromatic carbocycles. The van der Waals surface area contributed by atoms with E-state index in [0.29, 0.717) is 35.7 Å². The molecule has 15 nitrogen and oxygen atoms in total. The van der Waals surface area contributed by atoms with Crippen LogP contribution in [0.25, 0.3) is 0 Å². The average Bonchev–Trinajstić information content (AvgIpc) is 3.40. The van der Waals surface area contributed by atoms with Gasteiger partial charge in [0.25, 0.3) is 0 Å². The Morgan fingerprint density at radius 1 is 0.397 bits per heavy atom. The van der Waals surface area contributed by atoms with E-state index in [9.17, 15) is 33.9 Å². The highest BCUT2D eigenvalue weighted by Crippen LogP contribution is 2.30. The zero-order valence-corrected chi connectivity index (χ0v) is 41.4. The Labute approximate surface area is 425 Å². The summed E-state index contributed by atoms with van der Waals surface area (Å²) in [5, 5.41) is 18.3. The van der Waals surface area contributed by atoms with Gasteiger partial charge in [-0.15, -0.1) is 0 Å². The van der Waals surface area contributed by atoms with E-state index >= 15 is 0 Å². The van der Waals surface area contributed by atoms with Crippen molar-refractivity contribution >= 4 is 35.8 Å². The standard InChI is InChI=1S/C29H30O7.C15H14O3.C14H18O5/c1-3-33-27(31)29(28(32)34-4-2,24-13-9-6-10-14-24)21-36-26(30)19-22-15-17-25(18-16-22)35-20-23-11-7-5-8-12-23;16-15(17)10-12-6-8-14(9-7-12)18-11-13-4-2-1-3-5-13;1-3-18-12(16)14(10-15,13(17)19-4-2)11-8-6-5-7-9-11/h5-18H,3-4,19-21H2,1-2H3;1-9H,10-11H2,(H,16,17);5-9,15H,3-4,10H2,1-2H3. The van der Waals surface area contributed by atoms with Crippen LogP contribution in [0.4, 0.5) is 0 Å². The normalized spacial score (nSPS) is 10.6. The quantitative estimate of drug-likeness (QED) is 0.0351. The number of aliphatic hydroxyl groups excluding tert-OH is 1. The highest BCUT2D eigenvalue weighted by molar-refractivity contribution is 6.07. The van der Waals surface area contributed by atoms with E-state index in [4.69, 9.17) is 38.3 Å². The van der Waals surface area contributed by atoms with Crippen LogP contribution in [-0.2, 0) is 89.3 Å². The van der Waals surface area contributed by atoms with Gasteiger partial charge in [-0.05, 0) is 85.3 Å². The lowest BCUT2D eigenvalue weighted by Gasteiger charge is -2.29. The maximum absolute atomic E-state index is 13.0. The second-order valence-corrected chi connectivity index (χ2v) is 15.8. The minimum Gasteiger partial charge on any atom is -0.489 e. The van der Waals surface area contributed by atoms with Crippen molar-refractivity contribution in [3.8, 4) is 11.5 Å². The first kappa shape index (κ1) is 57.3. The summed E-state index contributed by atoms with van der Waals surface area (Å²) in [7, 11) is 0. The smallest absolute Gasteiger partial charge is 0.331 e. The Bertz CT molecular complexity index is 2570. The molecule has 0 aliphatic heterocycles. The number of carboxylic acids is 1. The largest absolute Gasteiger partial charge is 0.489 e. The first-order valence-electron chi connectivity index (χ1n) is 23.7. The molecule has 0 aliphatic carbocycles. The Kier molecular flexibility index (Phi) is 23.9. The van der Waals surface area contributed by atoms with Gasteiger partial charge in [-0.1, -0.05) is 146 Å². The highest BCUT2D eigenvalue weighted by Gasteiger charge is 2.52. The molecule has 0 heterocycles. The van der Waals surface area contributed by atoms with Gasteiger partial charge in [0.1, 0.15) is 31.3 Å². The summed E-state index contributed by atoms with van der Waals surface area (Å²) < 4.78 is 37.1. The molecular weight excluding hydrogens is 937 g/mol. The molecule has 0 fully saturated rings. The molecule has 384 valence electrons. The van der Waals surface area contributed by atoms with Gasteiger partial charge in [-0.25, -0.2) is 0 Å². The summed E-state index contributed by atoms with van der Waals surface area (Å²) in [6.07, 6.45) is -0.00550. The Morgan fingerprint density at radius 3 is 1.07 bits per heavy atom. The second kappa shape index (κ2) is 30.4. The van der Waals surface area contributed by atoms with Crippen LogP contribution in [0.3, 0.4) is 0 Å². The monoisotopic (exact) mass is 998 g/mol. The number of aliphatic hydroxyl groups is 1. The second-order valence-electron chi connectivity index (χ2n) is 15.8. The predicted molar refractivity (Wildman–Crippen MR) is 270 cm³/mol. The number of carboxylic acid groups (broad SMARTS) is 1. The van der Waals surface area contributed by atoms with Crippen molar-refractivity contribution in [1.82, 2.24) is 0 Å². The zero-order valence-electron chi connectivity index (χ0n) is 41.4.